The van der Waals surface area contributed by atoms with Gasteiger partial charge in [-0.2, -0.15) is 0 Å². The molecule has 1 atom stereocenters. The van der Waals surface area contributed by atoms with Crippen LogP contribution in [-0.2, 0) is 0 Å². The number of nitrogens with zero attached hydrogens (tertiary/aromatic N) is 5. The van der Waals surface area contributed by atoms with E-state index in [0.29, 0.717) is 29.1 Å². The molecule has 1 fully saturated rings. The van der Waals surface area contributed by atoms with E-state index in [2.05, 4.69) is 25.2 Å². The molecule has 2 aromatic heterocycles. The molecule has 1 aliphatic heterocycles. The van der Waals surface area contributed by atoms with Crippen molar-refractivity contribution < 1.29 is 4.92 Å². The number of fused-ring (bicyclic) bond motifs is 1. The van der Waals surface area contributed by atoms with Gasteiger partial charge in [0.15, 0.2) is 0 Å². The Hall–Kier alpha value is -3.29. The van der Waals surface area contributed by atoms with Gasteiger partial charge in [-0.15, -0.1) is 0 Å². The standard InChI is InChI=1S/C18H18N6O2/c25-24(26)17-14-5-1-8-19-15(14)6-7-16(17)22-13-4-2-11-23(12-13)18-20-9-3-10-21-18/h1,3,5-10,13,22H,2,4,11-12H2/t13-/m0/s1. The summed E-state index contributed by atoms with van der Waals surface area (Å²) in [6.07, 6.45) is 6.99. The largest absolute Gasteiger partial charge is 0.375 e. The number of hydrogen-bond acceptors (Lipinski definition) is 7. The van der Waals surface area contributed by atoms with Crippen LogP contribution in [0, 0.1) is 10.1 Å². The van der Waals surface area contributed by atoms with E-state index in [1.54, 1.807) is 42.9 Å². The van der Waals surface area contributed by atoms with Crippen LogP contribution in [0.2, 0.25) is 0 Å². The lowest BCUT2D eigenvalue weighted by atomic mass is 10.0. The zero-order valence-corrected chi connectivity index (χ0v) is 14.1. The molecule has 0 aliphatic carbocycles. The van der Waals surface area contributed by atoms with Crippen molar-refractivity contribution >= 4 is 28.2 Å². The Kier molecular flexibility index (Phi) is 4.30. The fourth-order valence-corrected chi connectivity index (χ4v) is 3.40. The highest BCUT2D eigenvalue weighted by Gasteiger charge is 2.25. The second-order valence-electron chi connectivity index (χ2n) is 6.27. The van der Waals surface area contributed by atoms with Gasteiger partial charge in [0.25, 0.3) is 0 Å². The lowest BCUT2D eigenvalue weighted by molar-refractivity contribution is -0.382. The van der Waals surface area contributed by atoms with E-state index in [1.165, 1.54) is 0 Å². The molecule has 0 amide bonds. The number of nitro benzene ring substituents is 1. The van der Waals surface area contributed by atoms with Crippen LogP contribution in [0.3, 0.4) is 0 Å². The fourth-order valence-electron chi connectivity index (χ4n) is 3.40. The first-order valence-electron chi connectivity index (χ1n) is 8.53. The van der Waals surface area contributed by atoms with Crippen molar-refractivity contribution in [3.8, 4) is 0 Å². The lowest BCUT2D eigenvalue weighted by Gasteiger charge is -2.33. The molecule has 1 aromatic carbocycles. The monoisotopic (exact) mass is 350 g/mol. The molecular weight excluding hydrogens is 332 g/mol. The molecule has 132 valence electrons. The van der Waals surface area contributed by atoms with Crippen LogP contribution in [0.5, 0.6) is 0 Å². The third-order valence-corrected chi connectivity index (χ3v) is 4.56. The van der Waals surface area contributed by atoms with E-state index in [0.717, 1.165) is 19.4 Å². The van der Waals surface area contributed by atoms with Crippen LogP contribution < -0.4 is 10.2 Å². The second-order valence-corrected chi connectivity index (χ2v) is 6.27. The average Bonchev–Trinajstić information content (AvgIpc) is 2.68. The van der Waals surface area contributed by atoms with Gasteiger partial charge in [-0.3, -0.25) is 15.1 Å². The second kappa shape index (κ2) is 6.91. The Bertz CT molecular complexity index is 933. The Labute approximate surface area is 150 Å². The average molecular weight is 350 g/mol. The molecular formula is C18H18N6O2. The Morgan fingerprint density at radius 1 is 1.12 bits per heavy atom. The molecule has 3 aromatic rings. The van der Waals surface area contributed by atoms with Crippen LogP contribution in [-0.4, -0.2) is 39.0 Å². The van der Waals surface area contributed by atoms with Gasteiger partial charge in [0.2, 0.25) is 5.95 Å². The minimum absolute atomic E-state index is 0.0729. The van der Waals surface area contributed by atoms with Crippen LogP contribution in [0.1, 0.15) is 12.8 Å². The molecule has 3 heterocycles. The molecule has 8 heteroatoms. The zero-order valence-electron chi connectivity index (χ0n) is 14.1. The number of aromatic nitrogens is 3. The predicted molar refractivity (Wildman–Crippen MR) is 99.3 cm³/mol. The van der Waals surface area contributed by atoms with Gasteiger partial charge in [-0.1, -0.05) is 0 Å². The number of nitro groups is 1. The summed E-state index contributed by atoms with van der Waals surface area (Å²) in [5.41, 5.74) is 1.22. The van der Waals surface area contributed by atoms with Gasteiger partial charge < -0.3 is 10.2 Å². The topological polar surface area (TPSA) is 97.1 Å². The highest BCUT2D eigenvalue weighted by Crippen LogP contribution is 2.33. The fraction of sp³-hybridized carbons (Fsp3) is 0.278. The number of benzene rings is 1. The summed E-state index contributed by atoms with van der Waals surface area (Å²) < 4.78 is 0. The third-order valence-electron chi connectivity index (χ3n) is 4.56. The van der Waals surface area contributed by atoms with E-state index in [9.17, 15) is 10.1 Å². The summed E-state index contributed by atoms with van der Waals surface area (Å²) in [5.74, 6) is 0.691. The van der Waals surface area contributed by atoms with Gasteiger partial charge in [-0.05, 0) is 43.2 Å². The number of anilines is 2. The Morgan fingerprint density at radius 3 is 2.73 bits per heavy atom. The number of nitrogens with one attached hydrogen (secondary N) is 1. The van der Waals surface area contributed by atoms with Crippen molar-refractivity contribution in [3.05, 3.63) is 59.0 Å². The minimum Gasteiger partial charge on any atom is -0.375 e. The molecule has 8 nitrogen and oxygen atoms in total. The summed E-state index contributed by atoms with van der Waals surface area (Å²) in [5, 5.41) is 15.6. The molecule has 26 heavy (non-hydrogen) atoms. The number of pyridine rings is 1. The first kappa shape index (κ1) is 16.2. The summed E-state index contributed by atoms with van der Waals surface area (Å²) in [6, 6.07) is 8.87. The van der Waals surface area contributed by atoms with Crippen LogP contribution >= 0.6 is 0 Å². The molecule has 0 saturated carbocycles. The number of rotatable bonds is 4. The van der Waals surface area contributed by atoms with Crippen molar-refractivity contribution in [2.75, 3.05) is 23.3 Å². The third kappa shape index (κ3) is 3.13. The van der Waals surface area contributed by atoms with Crippen molar-refractivity contribution in [3.63, 3.8) is 0 Å². The summed E-state index contributed by atoms with van der Waals surface area (Å²) >= 11 is 0. The summed E-state index contributed by atoms with van der Waals surface area (Å²) in [7, 11) is 0. The van der Waals surface area contributed by atoms with Gasteiger partial charge in [0.05, 0.1) is 15.8 Å². The maximum atomic E-state index is 11.7. The minimum atomic E-state index is -0.340. The number of piperidine rings is 1. The zero-order chi connectivity index (χ0) is 17.9. The van der Waals surface area contributed by atoms with Crippen molar-refractivity contribution in [2.45, 2.75) is 18.9 Å². The van der Waals surface area contributed by atoms with Crippen LogP contribution in [0.15, 0.2) is 48.9 Å². The molecule has 1 saturated heterocycles. The molecule has 0 spiro atoms. The van der Waals surface area contributed by atoms with E-state index in [4.69, 9.17) is 0 Å². The smallest absolute Gasteiger partial charge is 0.301 e. The van der Waals surface area contributed by atoms with Crippen molar-refractivity contribution in [1.82, 2.24) is 15.0 Å². The van der Waals surface area contributed by atoms with Crippen LogP contribution in [0.25, 0.3) is 10.9 Å². The summed E-state index contributed by atoms with van der Waals surface area (Å²) in [6.45, 7) is 1.58. The lowest BCUT2D eigenvalue weighted by Crippen LogP contribution is -2.43. The molecule has 4 rings (SSSR count). The van der Waals surface area contributed by atoms with E-state index in [-0.39, 0.29) is 16.7 Å². The van der Waals surface area contributed by atoms with Crippen molar-refractivity contribution in [2.24, 2.45) is 0 Å². The maximum absolute atomic E-state index is 11.7. The Morgan fingerprint density at radius 2 is 1.92 bits per heavy atom. The van der Waals surface area contributed by atoms with Gasteiger partial charge in [0, 0.05) is 37.7 Å². The van der Waals surface area contributed by atoms with Gasteiger partial charge in [0.1, 0.15) is 5.69 Å². The Balaban J connectivity index is 1.61. The predicted octanol–water partition coefficient (Wildman–Crippen LogP) is 3.01. The first-order chi connectivity index (χ1) is 12.7. The quantitative estimate of drug-likeness (QED) is 0.570. The van der Waals surface area contributed by atoms with E-state index in [1.807, 2.05) is 6.07 Å². The van der Waals surface area contributed by atoms with Gasteiger partial charge >= 0.3 is 5.69 Å². The van der Waals surface area contributed by atoms with Crippen LogP contribution in [0.4, 0.5) is 17.3 Å². The molecule has 0 radical (unpaired) electrons. The van der Waals surface area contributed by atoms with Gasteiger partial charge in [-0.25, -0.2) is 9.97 Å². The van der Waals surface area contributed by atoms with Crippen molar-refractivity contribution in [1.29, 1.82) is 0 Å². The first-order valence-corrected chi connectivity index (χ1v) is 8.53. The van der Waals surface area contributed by atoms with E-state index < -0.39 is 0 Å². The molecule has 1 aliphatic rings. The van der Waals surface area contributed by atoms with E-state index >= 15 is 0 Å². The highest BCUT2D eigenvalue weighted by molar-refractivity contribution is 5.94. The molecule has 1 N–H and O–H groups in total. The SMILES string of the molecule is O=[N+]([O-])c1c(N[C@H]2CCCN(c3ncccn3)C2)ccc2ncccc12. The number of hydrogen-bond donors (Lipinski definition) is 1. The highest BCUT2D eigenvalue weighted by atomic mass is 16.6. The summed E-state index contributed by atoms with van der Waals surface area (Å²) in [4.78, 5) is 26.2. The maximum Gasteiger partial charge on any atom is 0.301 e. The molecule has 0 bridgehead atoms. The normalized spacial score (nSPS) is 17.2. The molecule has 0 unspecified atom stereocenters.